The molecular formula is C26H22N2O4S. The molecule has 33 heavy (non-hydrogen) atoms. The first kappa shape index (κ1) is 22.1. The highest BCUT2D eigenvalue weighted by Crippen LogP contribution is 2.26. The van der Waals surface area contributed by atoms with Crippen LogP contribution in [0.25, 0.3) is 11.1 Å². The average molecular weight is 459 g/mol. The van der Waals surface area contributed by atoms with Crippen molar-refractivity contribution < 1.29 is 17.9 Å². The van der Waals surface area contributed by atoms with Crippen LogP contribution >= 0.6 is 0 Å². The number of rotatable bonds is 7. The molecule has 0 radical (unpaired) electrons. The van der Waals surface area contributed by atoms with Crippen molar-refractivity contribution in [3.05, 3.63) is 109 Å². The Hall–Kier alpha value is -4.10. The monoisotopic (exact) mass is 458 g/mol. The minimum atomic E-state index is -3.82. The largest absolute Gasteiger partial charge is 0.495 e. The molecular weight excluding hydrogens is 436 g/mol. The zero-order valence-electron chi connectivity index (χ0n) is 17.9. The van der Waals surface area contributed by atoms with Crippen LogP contribution in [0.1, 0.15) is 10.4 Å². The van der Waals surface area contributed by atoms with Gasteiger partial charge in [-0.2, -0.15) is 0 Å². The first-order valence-corrected chi connectivity index (χ1v) is 11.7. The average Bonchev–Trinajstić information content (AvgIpc) is 2.85. The van der Waals surface area contributed by atoms with Gasteiger partial charge in [0.1, 0.15) is 5.75 Å². The maximum Gasteiger partial charge on any atom is 0.262 e. The van der Waals surface area contributed by atoms with E-state index in [0.29, 0.717) is 22.7 Å². The Morgan fingerprint density at radius 1 is 0.727 bits per heavy atom. The molecule has 4 aromatic carbocycles. The third-order valence-corrected chi connectivity index (χ3v) is 6.41. The van der Waals surface area contributed by atoms with E-state index in [0.717, 1.165) is 11.1 Å². The maximum atomic E-state index is 12.7. The fourth-order valence-electron chi connectivity index (χ4n) is 3.30. The molecule has 7 heteroatoms. The summed E-state index contributed by atoms with van der Waals surface area (Å²) in [5.74, 6) is 0.139. The fraction of sp³-hybridized carbons (Fsp3) is 0.0385. The van der Waals surface area contributed by atoms with Crippen molar-refractivity contribution in [1.82, 2.24) is 0 Å². The third-order valence-electron chi connectivity index (χ3n) is 5.03. The van der Waals surface area contributed by atoms with Gasteiger partial charge in [-0.1, -0.05) is 54.6 Å². The molecule has 6 nitrogen and oxygen atoms in total. The number of hydrogen-bond acceptors (Lipinski definition) is 4. The van der Waals surface area contributed by atoms with Crippen molar-refractivity contribution in [3.63, 3.8) is 0 Å². The summed E-state index contributed by atoms with van der Waals surface area (Å²) in [7, 11) is -2.35. The van der Waals surface area contributed by atoms with Gasteiger partial charge in [-0.3, -0.25) is 9.52 Å². The predicted molar refractivity (Wildman–Crippen MR) is 130 cm³/mol. The molecule has 0 aromatic heterocycles. The van der Waals surface area contributed by atoms with Crippen LogP contribution in [0.2, 0.25) is 0 Å². The SMILES string of the molecule is COc1ccccc1NS(=O)(=O)c1ccc(NC(=O)c2ccc(-c3ccccc3)cc2)cc1. The summed E-state index contributed by atoms with van der Waals surface area (Å²) in [6.45, 7) is 0. The minimum Gasteiger partial charge on any atom is -0.495 e. The molecule has 0 heterocycles. The van der Waals surface area contributed by atoms with Crippen LogP contribution in [0, 0.1) is 0 Å². The number of carbonyl (C=O) groups is 1. The number of methoxy groups -OCH3 is 1. The first-order valence-electron chi connectivity index (χ1n) is 10.2. The topological polar surface area (TPSA) is 84.5 Å². The molecule has 0 saturated carbocycles. The molecule has 2 N–H and O–H groups in total. The van der Waals surface area contributed by atoms with E-state index in [4.69, 9.17) is 4.74 Å². The maximum absolute atomic E-state index is 12.7. The predicted octanol–water partition coefficient (Wildman–Crippen LogP) is 5.42. The number of carbonyl (C=O) groups excluding carboxylic acids is 1. The summed E-state index contributed by atoms with van der Waals surface area (Å²) in [6, 6.07) is 29.9. The lowest BCUT2D eigenvalue weighted by molar-refractivity contribution is 0.102. The van der Waals surface area contributed by atoms with E-state index < -0.39 is 10.0 Å². The number of nitrogens with one attached hydrogen (secondary N) is 2. The highest BCUT2D eigenvalue weighted by Gasteiger charge is 2.16. The van der Waals surface area contributed by atoms with Crippen LogP contribution in [-0.4, -0.2) is 21.4 Å². The van der Waals surface area contributed by atoms with E-state index in [-0.39, 0.29) is 10.8 Å². The smallest absolute Gasteiger partial charge is 0.262 e. The standard InChI is InChI=1S/C26H22N2O4S/c1-32-25-10-6-5-9-24(25)28-33(30,31)23-17-15-22(16-18-23)27-26(29)21-13-11-20(12-14-21)19-7-3-2-4-8-19/h2-18,28H,1H3,(H,27,29). The number of amides is 1. The van der Waals surface area contributed by atoms with E-state index in [2.05, 4.69) is 10.0 Å². The van der Waals surface area contributed by atoms with Crippen LogP contribution in [-0.2, 0) is 10.0 Å². The van der Waals surface area contributed by atoms with Crippen molar-refractivity contribution in [2.75, 3.05) is 17.1 Å². The molecule has 0 aliphatic rings. The highest BCUT2D eigenvalue weighted by molar-refractivity contribution is 7.92. The highest BCUT2D eigenvalue weighted by atomic mass is 32.2. The number of benzene rings is 4. The number of para-hydroxylation sites is 2. The molecule has 0 spiro atoms. The van der Waals surface area contributed by atoms with Crippen LogP contribution in [0.4, 0.5) is 11.4 Å². The summed E-state index contributed by atoms with van der Waals surface area (Å²) in [6.07, 6.45) is 0. The lowest BCUT2D eigenvalue weighted by atomic mass is 10.0. The molecule has 0 atom stereocenters. The molecule has 0 fully saturated rings. The summed E-state index contributed by atoms with van der Waals surface area (Å²) >= 11 is 0. The second-order valence-corrected chi connectivity index (χ2v) is 8.91. The van der Waals surface area contributed by atoms with Crippen LogP contribution in [0.3, 0.4) is 0 Å². The van der Waals surface area contributed by atoms with Crippen LogP contribution in [0.5, 0.6) is 5.75 Å². The Kier molecular flexibility index (Phi) is 6.42. The molecule has 166 valence electrons. The normalized spacial score (nSPS) is 10.9. The number of sulfonamides is 1. The Bertz CT molecular complexity index is 1350. The Morgan fingerprint density at radius 2 is 1.33 bits per heavy atom. The fourth-order valence-corrected chi connectivity index (χ4v) is 4.37. The second kappa shape index (κ2) is 9.58. The molecule has 0 aliphatic carbocycles. The second-order valence-electron chi connectivity index (χ2n) is 7.23. The van der Waals surface area contributed by atoms with E-state index in [1.54, 1.807) is 48.5 Å². The lowest BCUT2D eigenvalue weighted by Crippen LogP contribution is -2.14. The van der Waals surface area contributed by atoms with Crippen LogP contribution in [0.15, 0.2) is 108 Å². The van der Waals surface area contributed by atoms with Gasteiger partial charge in [0.05, 0.1) is 17.7 Å². The molecule has 0 aliphatic heterocycles. The number of hydrogen-bond donors (Lipinski definition) is 2. The molecule has 4 aromatic rings. The van der Waals surface area contributed by atoms with E-state index in [1.165, 1.54) is 19.2 Å². The van der Waals surface area contributed by atoms with Gasteiger partial charge in [0, 0.05) is 11.3 Å². The third kappa shape index (κ3) is 5.22. The minimum absolute atomic E-state index is 0.0682. The van der Waals surface area contributed by atoms with Gasteiger partial charge >= 0.3 is 0 Å². The van der Waals surface area contributed by atoms with Gasteiger partial charge in [-0.25, -0.2) is 8.42 Å². The summed E-state index contributed by atoms with van der Waals surface area (Å²) in [5.41, 5.74) is 3.43. The van der Waals surface area contributed by atoms with Crippen molar-refractivity contribution >= 4 is 27.3 Å². The first-order chi connectivity index (χ1) is 16.0. The van der Waals surface area contributed by atoms with Gasteiger partial charge in [0.25, 0.3) is 15.9 Å². The lowest BCUT2D eigenvalue weighted by Gasteiger charge is -2.12. The summed E-state index contributed by atoms with van der Waals surface area (Å²) in [5, 5.41) is 2.79. The van der Waals surface area contributed by atoms with Gasteiger partial charge in [-0.15, -0.1) is 0 Å². The zero-order chi connectivity index (χ0) is 23.3. The van der Waals surface area contributed by atoms with Crippen molar-refractivity contribution in [1.29, 1.82) is 0 Å². The van der Waals surface area contributed by atoms with Gasteiger partial charge in [0.2, 0.25) is 0 Å². The summed E-state index contributed by atoms with van der Waals surface area (Å²) in [4.78, 5) is 12.7. The Labute approximate surface area is 192 Å². The van der Waals surface area contributed by atoms with Crippen LogP contribution < -0.4 is 14.8 Å². The molecule has 0 unspecified atom stereocenters. The van der Waals surface area contributed by atoms with Gasteiger partial charge in [0.15, 0.2) is 0 Å². The zero-order valence-corrected chi connectivity index (χ0v) is 18.7. The molecule has 0 saturated heterocycles. The van der Waals surface area contributed by atoms with E-state index in [9.17, 15) is 13.2 Å². The molecule has 4 rings (SSSR count). The molecule has 0 bridgehead atoms. The van der Waals surface area contributed by atoms with Crippen molar-refractivity contribution in [2.45, 2.75) is 4.90 Å². The van der Waals surface area contributed by atoms with E-state index >= 15 is 0 Å². The van der Waals surface area contributed by atoms with Crippen molar-refractivity contribution in [2.24, 2.45) is 0 Å². The quantitative estimate of drug-likeness (QED) is 0.388. The number of anilines is 2. The number of ether oxygens (including phenoxy) is 1. The Balaban J connectivity index is 1.44. The van der Waals surface area contributed by atoms with Gasteiger partial charge < -0.3 is 10.1 Å². The summed E-state index contributed by atoms with van der Waals surface area (Å²) < 4.78 is 33.1. The van der Waals surface area contributed by atoms with E-state index in [1.807, 2.05) is 42.5 Å². The Morgan fingerprint density at radius 3 is 2.00 bits per heavy atom. The van der Waals surface area contributed by atoms with Gasteiger partial charge in [-0.05, 0) is 59.7 Å². The molecule has 1 amide bonds. The van der Waals surface area contributed by atoms with Crippen molar-refractivity contribution in [3.8, 4) is 16.9 Å².